The summed E-state index contributed by atoms with van der Waals surface area (Å²) in [6.45, 7) is -2.53. The topological polar surface area (TPSA) is 428 Å². The van der Waals surface area contributed by atoms with E-state index >= 15 is 0 Å². The Kier molecular flexibility index (Phi) is 20.8. The standard InChI is InChI=1S/C24H44O16.C12H20O12S/c1-34-7-14-20(30)22(32)21(31)16(39-14)9-36-5-10-12(3-25)38-15(19(29)17(10)27)8-37-6-11-13(4-26)40-24(35-2)23(33)18(11)28;13-2-5-9(24-25(17,18)19)4(14)1-7(21-5)23-10-6-3-20-11(10)8(15)12(16)22-6/h10-33H,3-9H2,1-2H3;4-16H,1-3H2,(H,17,18,19)/t10-,11-,12?,13?,14?,15-,16-,17+,18+,19?,20-,21?,22+,23?,24+;4-,5?,6?,7+,8?,9-,10+,11+,12+/m11/s1. The molecule has 6 fully saturated rings. The van der Waals surface area contributed by atoms with Crippen molar-refractivity contribution in [3.05, 3.63) is 0 Å². The molecular weight excluding hydrogens is 912 g/mol. The first-order valence-corrected chi connectivity index (χ1v) is 22.2. The van der Waals surface area contributed by atoms with Crippen LogP contribution in [0.2, 0.25) is 0 Å². The van der Waals surface area contributed by atoms with E-state index < -0.39 is 177 Å². The molecule has 0 aliphatic carbocycles. The Labute approximate surface area is 372 Å². The third-order valence-corrected chi connectivity index (χ3v) is 12.5. The molecule has 0 saturated carbocycles. The van der Waals surface area contributed by atoms with Gasteiger partial charge in [0.25, 0.3) is 0 Å². The SMILES string of the molecule is COCC1O[C@H](COC[C@@H]2C(CO)O[C@H](COC[C@@H]3C(CO)O[C@H](OC)C(O)[C@H]3O)C(O)[C@H]2O)C(O)[C@@H](O)[C@@H]1O.O=S(=O)(O)O[C@H]1C(CO)O[C@@H](O[C@H]2C3CO[C@H]2C(O)[C@@H](O)O3)C[C@H]1O. The Morgan fingerprint density at radius 1 is 0.554 bits per heavy atom. The molecule has 9 unspecified atom stereocenters. The summed E-state index contributed by atoms with van der Waals surface area (Å²) in [4.78, 5) is 0. The second kappa shape index (κ2) is 24.6. The minimum Gasteiger partial charge on any atom is -0.394 e. The minimum atomic E-state index is -4.86. The van der Waals surface area contributed by atoms with Gasteiger partial charge in [-0.05, 0) is 0 Å². The first kappa shape index (κ1) is 54.8. The molecule has 0 aromatic carbocycles. The van der Waals surface area contributed by atoms with Gasteiger partial charge in [-0.15, -0.1) is 0 Å². The summed E-state index contributed by atoms with van der Waals surface area (Å²) >= 11 is 0. The Balaban J connectivity index is 0.000000271. The van der Waals surface area contributed by atoms with Crippen LogP contribution in [-0.2, 0) is 66.7 Å². The molecule has 14 N–H and O–H groups in total. The zero-order valence-electron chi connectivity index (χ0n) is 35.3. The van der Waals surface area contributed by atoms with Crippen molar-refractivity contribution >= 4 is 10.4 Å². The monoisotopic (exact) mass is 976 g/mol. The van der Waals surface area contributed by atoms with Crippen LogP contribution in [0.1, 0.15) is 6.42 Å². The van der Waals surface area contributed by atoms with Crippen LogP contribution in [0, 0.1) is 11.8 Å². The number of aliphatic hydroxyl groups excluding tert-OH is 13. The van der Waals surface area contributed by atoms with Gasteiger partial charge in [0.1, 0.15) is 85.5 Å². The molecule has 29 heteroatoms. The van der Waals surface area contributed by atoms with Gasteiger partial charge in [-0.2, -0.15) is 8.42 Å². The lowest BCUT2D eigenvalue weighted by Crippen LogP contribution is -2.60. The molecule has 2 bridgehead atoms. The molecule has 0 radical (unpaired) electrons. The molecule has 6 heterocycles. The molecule has 382 valence electrons. The molecule has 0 spiro atoms. The van der Waals surface area contributed by atoms with Gasteiger partial charge in [0.05, 0.1) is 90.0 Å². The quantitative estimate of drug-likeness (QED) is 0.0567. The van der Waals surface area contributed by atoms with Gasteiger partial charge in [-0.3, -0.25) is 4.55 Å². The van der Waals surface area contributed by atoms with Crippen molar-refractivity contribution in [1.29, 1.82) is 0 Å². The van der Waals surface area contributed by atoms with E-state index in [0.717, 1.165) is 0 Å². The number of fused-ring (bicyclic) bond motifs is 2. The number of rotatable bonds is 18. The summed E-state index contributed by atoms with van der Waals surface area (Å²) in [5.41, 5.74) is 0. The second-order valence-corrected chi connectivity index (χ2v) is 17.4. The third kappa shape index (κ3) is 13.4. The molecule has 24 atom stereocenters. The Morgan fingerprint density at radius 3 is 1.62 bits per heavy atom. The van der Waals surface area contributed by atoms with Crippen LogP contribution < -0.4 is 0 Å². The summed E-state index contributed by atoms with van der Waals surface area (Å²) in [5, 5.41) is 131. The fourth-order valence-corrected chi connectivity index (χ4v) is 9.02. The largest absolute Gasteiger partial charge is 0.397 e. The lowest BCUT2D eigenvalue weighted by Gasteiger charge is -2.44. The predicted octanol–water partition coefficient (Wildman–Crippen LogP) is -9.18. The smallest absolute Gasteiger partial charge is 0.394 e. The molecule has 6 saturated heterocycles. The van der Waals surface area contributed by atoms with E-state index in [0.29, 0.717) is 0 Å². The number of hydrogen-bond donors (Lipinski definition) is 14. The normalized spacial score (nSPS) is 47.0. The Hall–Kier alpha value is -1.09. The maximum absolute atomic E-state index is 10.8. The van der Waals surface area contributed by atoms with Crippen LogP contribution in [0.15, 0.2) is 0 Å². The fourth-order valence-electron chi connectivity index (χ4n) is 8.48. The highest BCUT2D eigenvalue weighted by atomic mass is 32.3. The van der Waals surface area contributed by atoms with Crippen molar-refractivity contribution in [2.45, 2.75) is 141 Å². The van der Waals surface area contributed by atoms with Crippen molar-refractivity contribution in [3.8, 4) is 0 Å². The lowest BCUT2D eigenvalue weighted by molar-refractivity contribution is -0.308. The van der Waals surface area contributed by atoms with Crippen molar-refractivity contribution in [2.24, 2.45) is 11.8 Å². The number of methoxy groups -OCH3 is 2. The van der Waals surface area contributed by atoms with Crippen molar-refractivity contribution in [3.63, 3.8) is 0 Å². The molecule has 6 rings (SSSR count). The molecular formula is C36H64O28S. The first-order chi connectivity index (χ1) is 30.8. The third-order valence-electron chi connectivity index (χ3n) is 12.1. The molecule has 0 aromatic heterocycles. The van der Waals surface area contributed by atoms with Gasteiger partial charge in [-0.25, -0.2) is 4.18 Å². The van der Waals surface area contributed by atoms with Crippen LogP contribution >= 0.6 is 0 Å². The maximum Gasteiger partial charge on any atom is 0.397 e. The highest BCUT2D eigenvalue weighted by Gasteiger charge is 2.54. The number of hydrogen-bond acceptors (Lipinski definition) is 27. The van der Waals surface area contributed by atoms with Crippen LogP contribution in [-0.4, -0.2) is 288 Å². The van der Waals surface area contributed by atoms with Gasteiger partial charge in [0.15, 0.2) is 18.9 Å². The molecule has 6 aliphatic rings. The molecule has 0 amide bonds. The highest BCUT2D eigenvalue weighted by molar-refractivity contribution is 7.80. The van der Waals surface area contributed by atoms with Crippen molar-refractivity contribution in [1.82, 2.24) is 0 Å². The minimum absolute atomic E-state index is 0.0273. The Morgan fingerprint density at radius 2 is 1.08 bits per heavy atom. The zero-order chi connectivity index (χ0) is 47.9. The molecule has 6 aliphatic heterocycles. The van der Waals surface area contributed by atoms with E-state index in [1.54, 1.807) is 0 Å². The van der Waals surface area contributed by atoms with Gasteiger partial charge in [0, 0.05) is 32.5 Å². The summed E-state index contributed by atoms with van der Waals surface area (Å²) in [5.74, 6) is -1.71. The first-order valence-electron chi connectivity index (χ1n) is 20.8. The van der Waals surface area contributed by atoms with Crippen LogP contribution in [0.3, 0.4) is 0 Å². The summed E-state index contributed by atoms with van der Waals surface area (Å²) in [6, 6.07) is 0. The van der Waals surface area contributed by atoms with E-state index in [-0.39, 0.29) is 46.1 Å². The van der Waals surface area contributed by atoms with Gasteiger partial charge < -0.3 is 118 Å². The molecule has 28 nitrogen and oxygen atoms in total. The average molecular weight is 977 g/mol. The lowest BCUT2D eigenvalue weighted by atomic mass is 9.87. The van der Waals surface area contributed by atoms with E-state index in [9.17, 15) is 74.8 Å². The zero-order valence-corrected chi connectivity index (χ0v) is 36.1. The average Bonchev–Trinajstić information content (AvgIpc) is 3.58. The molecule has 65 heavy (non-hydrogen) atoms. The van der Waals surface area contributed by atoms with Crippen LogP contribution in [0.25, 0.3) is 0 Å². The fraction of sp³-hybridized carbons (Fsp3) is 1.00. The maximum atomic E-state index is 10.8. The number of aliphatic hydroxyl groups is 13. The highest BCUT2D eigenvalue weighted by Crippen LogP contribution is 2.35. The van der Waals surface area contributed by atoms with E-state index in [2.05, 4.69) is 4.18 Å². The van der Waals surface area contributed by atoms with E-state index in [1.165, 1.54) is 14.2 Å². The number of ether oxygens (including phenoxy) is 11. The predicted molar refractivity (Wildman–Crippen MR) is 204 cm³/mol. The van der Waals surface area contributed by atoms with E-state index in [1.807, 2.05) is 0 Å². The van der Waals surface area contributed by atoms with Gasteiger partial charge >= 0.3 is 10.4 Å². The van der Waals surface area contributed by atoms with E-state index in [4.69, 9.17) is 56.7 Å². The summed E-state index contributed by atoms with van der Waals surface area (Å²) in [6.07, 6.45) is -26.4. The van der Waals surface area contributed by atoms with Crippen molar-refractivity contribution < 1.29 is 136 Å². The van der Waals surface area contributed by atoms with Gasteiger partial charge in [-0.1, -0.05) is 0 Å². The molecule has 0 aromatic rings. The van der Waals surface area contributed by atoms with Crippen molar-refractivity contribution in [2.75, 3.05) is 73.7 Å². The summed E-state index contributed by atoms with van der Waals surface area (Å²) in [7, 11) is -2.18. The van der Waals surface area contributed by atoms with Crippen LogP contribution in [0.5, 0.6) is 0 Å². The second-order valence-electron chi connectivity index (χ2n) is 16.4. The summed E-state index contributed by atoms with van der Waals surface area (Å²) < 4.78 is 94.1. The van der Waals surface area contributed by atoms with Crippen LogP contribution in [0.4, 0.5) is 0 Å². The van der Waals surface area contributed by atoms with Gasteiger partial charge in [0.2, 0.25) is 0 Å². The Bertz CT molecular complexity index is 1520.